The van der Waals surface area contributed by atoms with Crippen LogP contribution in [0, 0.1) is 18.3 Å². The van der Waals surface area contributed by atoms with Crippen molar-refractivity contribution >= 4 is 50.7 Å². The van der Waals surface area contributed by atoms with Crippen molar-refractivity contribution in [3.63, 3.8) is 0 Å². The summed E-state index contributed by atoms with van der Waals surface area (Å²) >= 11 is 7.22. The molecule has 2 aromatic heterocycles. The smallest absolute Gasteiger partial charge is 0.271 e. The second-order valence-electron chi connectivity index (χ2n) is 7.01. The molecule has 12 heteroatoms. The number of sulfonamides is 1. The van der Waals surface area contributed by atoms with E-state index in [2.05, 4.69) is 21.2 Å². The van der Waals surface area contributed by atoms with E-state index < -0.39 is 10.0 Å². The fourth-order valence-corrected chi connectivity index (χ4v) is 5.00. The van der Waals surface area contributed by atoms with Gasteiger partial charge < -0.3 is 10.3 Å². The van der Waals surface area contributed by atoms with Crippen LogP contribution in [-0.2, 0) is 10.0 Å². The van der Waals surface area contributed by atoms with Crippen LogP contribution in [0.4, 0.5) is 17.3 Å². The molecule has 2 aromatic carbocycles. The van der Waals surface area contributed by atoms with Gasteiger partial charge in [-0.3, -0.25) is 0 Å². The second-order valence-corrected chi connectivity index (χ2v) is 10.0. The number of aryl methyl sites for hydroxylation is 1. The molecule has 0 saturated heterocycles. The van der Waals surface area contributed by atoms with Crippen LogP contribution in [0.2, 0.25) is 5.02 Å². The van der Waals surface area contributed by atoms with Crippen molar-refractivity contribution in [2.24, 2.45) is 0 Å². The number of hydrogen-bond acceptors (Lipinski definition) is 9. The molecule has 0 aliphatic rings. The van der Waals surface area contributed by atoms with E-state index in [-0.39, 0.29) is 32.9 Å². The van der Waals surface area contributed by atoms with Crippen molar-refractivity contribution in [2.45, 2.75) is 17.0 Å². The number of benzene rings is 2. The fraction of sp³-hybridized carbons (Fsp3) is 0.0909. The summed E-state index contributed by atoms with van der Waals surface area (Å²) in [6.07, 6.45) is 1.75. The quantitative estimate of drug-likeness (QED) is 0.219. The molecule has 172 valence electrons. The third kappa shape index (κ3) is 4.43. The van der Waals surface area contributed by atoms with Gasteiger partial charge in [-0.05, 0) is 49.6 Å². The van der Waals surface area contributed by atoms with Crippen LogP contribution >= 0.6 is 23.4 Å². The van der Waals surface area contributed by atoms with E-state index in [0.717, 1.165) is 4.31 Å². The van der Waals surface area contributed by atoms with E-state index in [0.29, 0.717) is 22.0 Å². The zero-order chi connectivity index (χ0) is 24.5. The maximum atomic E-state index is 13.8. The highest BCUT2D eigenvalue weighted by molar-refractivity contribution is 7.98. The van der Waals surface area contributed by atoms with Crippen molar-refractivity contribution in [3.05, 3.63) is 70.9 Å². The van der Waals surface area contributed by atoms with Gasteiger partial charge in [0.2, 0.25) is 0 Å². The molecule has 0 amide bonds. The molecule has 34 heavy (non-hydrogen) atoms. The lowest BCUT2D eigenvalue weighted by Gasteiger charge is -2.23. The van der Waals surface area contributed by atoms with Gasteiger partial charge in [0.05, 0.1) is 10.6 Å². The first kappa shape index (κ1) is 23.6. The molecule has 0 saturated carbocycles. The minimum atomic E-state index is -4.29. The number of nitrogens with two attached hydrogens (primary N) is 1. The Kier molecular flexibility index (Phi) is 6.47. The minimum Gasteiger partial charge on any atom is -0.399 e. The highest BCUT2D eigenvalue weighted by atomic mass is 35.5. The lowest BCUT2D eigenvalue weighted by atomic mass is 10.1. The monoisotopic (exact) mass is 512 g/mol. The number of nitrogens with zero attached hydrogens (tertiary/aromatic N) is 5. The largest absolute Gasteiger partial charge is 0.399 e. The molecular weight excluding hydrogens is 496 g/mol. The Labute approximate surface area is 205 Å². The normalized spacial score (nSPS) is 11.2. The lowest BCUT2D eigenvalue weighted by Crippen LogP contribution is -2.29. The summed E-state index contributed by atoms with van der Waals surface area (Å²) in [5, 5.41) is 14.8. The number of thioether (sulfide) groups is 1. The summed E-state index contributed by atoms with van der Waals surface area (Å²) in [6, 6.07) is 15.9. The predicted molar refractivity (Wildman–Crippen MR) is 130 cm³/mol. The average molecular weight is 513 g/mol. The van der Waals surface area contributed by atoms with Crippen LogP contribution in [0.1, 0.15) is 11.3 Å². The van der Waals surface area contributed by atoms with Crippen LogP contribution in [0.5, 0.6) is 0 Å². The Hall–Kier alpha value is -3.59. The lowest BCUT2D eigenvalue weighted by molar-refractivity contribution is 0.399. The van der Waals surface area contributed by atoms with Crippen LogP contribution < -0.4 is 10.0 Å². The summed E-state index contributed by atoms with van der Waals surface area (Å²) in [5.41, 5.74) is 6.91. The van der Waals surface area contributed by atoms with Crippen LogP contribution in [0.15, 0.2) is 69.2 Å². The zero-order valence-corrected chi connectivity index (χ0v) is 20.3. The molecule has 0 aliphatic heterocycles. The standard InChI is InChI=1S/C22H17ClN6O3S2/c1-13-11-19(28-32-13)29(34(30,31)17-9-7-16(25)8-10-17)21-18(12-24)20(26-22(27-21)33-2)14-3-5-15(23)6-4-14/h3-11H,25H2,1-2H3. The van der Waals surface area contributed by atoms with Crippen molar-refractivity contribution in [1.29, 1.82) is 5.26 Å². The topological polar surface area (TPSA) is 139 Å². The number of halogens is 1. The van der Waals surface area contributed by atoms with Crippen LogP contribution in [0.3, 0.4) is 0 Å². The Morgan fingerprint density at radius 1 is 1.12 bits per heavy atom. The highest BCUT2D eigenvalue weighted by Crippen LogP contribution is 2.37. The van der Waals surface area contributed by atoms with Gasteiger partial charge in [-0.1, -0.05) is 40.7 Å². The number of rotatable bonds is 6. The molecule has 0 bridgehead atoms. The SMILES string of the molecule is CSc1nc(-c2ccc(Cl)cc2)c(C#N)c(N(c2cc(C)on2)S(=O)(=O)c2ccc(N)cc2)n1. The molecule has 0 fully saturated rings. The summed E-state index contributed by atoms with van der Waals surface area (Å²) in [5.74, 6) is 0.165. The van der Waals surface area contributed by atoms with Gasteiger partial charge in [0.1, 0.15) is 17.4 Å². The van der Waals surface area contributed by atoms with Gasteiger partial charge in [0.25, 0.3) is 10.0 Å². The summed E-state index contributed by atoms with van der Waals surface area (Å²) in [7, 11) is -4.29. The van der Waals surface area contributed by atoms with Crippen LogP contribution in [0.25, 0.3) is 11.3 Å². The van der Waals surface area contributed by atoms with E-state index in [1.165, 1.54) is 42.1 Å². The molecule has 2 N–H and O–H groups in total. The Bertz CT molecular complexity index is 1500. The van der Waals surface area contributed by atoms with Crippen molar-refractivity contribution in [3.8, 4) is 17.3 Å². The zero-order valence-electron chi connectivity index (χ0n) is 17.9. The first-order chi connectivity index (χ1) is 16.2. The van der Waals surface area contributed by atoms with Crippen LogP contribution in [-0.4, -0.2) is 29.8 Å². The van der Waals surface area contributed by atoms with Crippen molar-refractivity contribution < 1.29 is 12.9 Å². The molecule has 4 rings (SSSR count). The average Bonchev–Trinajstić information content (AvgIpc) is 3.24. The molecule has 9 nitrogen and oxygen atoms in total. The number of aromatic nitrogens is 3. The van der Waals surface area contributed by atoms with Gasteiger partial charge in [0.15, 0.2) is 16.8 Å². The van der Waals surface area contributed by atoms with E-state index in [9.17, 15) is 13.7 Å². The summed E-state index contributed by atoms with van der Waals surface area (Å²) in [6.45, 7) is 1.63. The third-order valence-electron chi connectivity index (χ3n) is 4.72. The van der Waals surface area contributed by atoms with E-state index in [1.54, 1.807) is 37.4 Å². The molecular formula is C22H17ClN6O3S2. The van der Waals surface area contributed by atoms with Crippen molar-refractivity contribution in [2.75, 3.05) is 16.3 Å². The minimum absolute atomic E-state index is 0.0557. The predicted octanol–water partition coefficient (Wildman–Crippen LogP) is 4.80. The Morgan fingerprint density at radius 3 is 2.35 bits per heavy atom. The summed E-state index contributed by atoms with van der Waals surface area (Å²) in [4.78, 5) is 8.81. The first-order valence-electron chi connectivity index (χ1n) is 9.71. The second kappa shape index (κ2) is 9.34. The number of nitrogen functional groups attached to an aromatic ring is 1. The van der Waals surface area contributed by atoms with Gasteiger partial charge in [0, 0.05) is 22.3 Å². The molecule has 2 heterocycles. The molecule has 0 aliphatic carbocycles. The van der Waals surface area contributed by atoms with Gasteiger partial charge in [-0.2, -0.15) is 9.57 Å². The first-order valence-corrected chi connectivity index (χ1v) is 12.7. The highest BCUT2D eigenvalue weighted by Gasteiger charge is 2.34. The number of anilines is 3. The maximum Gasteiger partial charge on any atom is 0.271 e. The third-order valence-corrected chi connectivity index (χ3v) is 7.22. The van der Waals surface area contributed by atoms with Gasteiger partial charge in [-0.15, -0.1) is 0 Å². The molecule has 4 aromatic rings. The fourth-order valence-electron chi connectivity index (χ4n) is 3.13. The Balaban J connectivity index is 2.04. The molecule has 0 spiro atoms. The summed E-state index contributed by atoms with van der Waals surface area (Å²) < 4.78 is 33.7. The number of hydrogen-bond donors (Lipinski definition) is 1. The van der Waals surface area contributed by atoms with E-state index >= 15 is 0 Å². The van der Waals surface area contributed by atoms with Gasteiger partial charge >= 0.3 is 0 Å². The van der Waals surface area contributed by atoms with E-state index in [4.69, 9.17) is 21.9 Å². The molecule has 0 radical (unpaired) electrons. The van der Waals surface area contributed by atoms with E-state index in [1.807, 2.05) is 0 Å². The van der Waals surface area contributed by atoms with Crippen molar-refractivity contribution in [1.82, 2.24) is 15.1 Å². The Morgan fingerprint density at radius 2 is 1.79 bits per heavy atom. The van der Waals surface area contributed by atoms with Gasteiger partial charge in [-0.25, -0.2) is 18.4 Å². The molecule has 0 atom stereocenters. The molecule has 0 unspecified atom stereocenters. The number of nitriles is 1. The maximum absolute atomic E-state index is 13.8.